The van der Waals surface area contributed by atoms with Gasteiger partial charge in [0.2, 0.25) is 5.43 Å². The third-order valence-corrected chi connectivity index (χ3v) is 7.40. The van der Waals surface area contributed by atoms with Crippen molar-refractivity contribution in [2.24, 2.45) is 0 Å². The van der Waals surface area contributed by atoms with Gasteiger partial charge in [-0.15, -0.1) is 11.3 Å². The first-order valence-corrected chi connectivity index (χ1v) is 11.4. The SMILES string of the molecule is CN1CCC[C@@H]1CCNC(=O)c1c(=O)c2cc(F)c(Cl)nc2n2c1sc1ccccc12. The molecule has 1 fully saturated rings. The maximum Gasteiger partial charge on any atom is 0.258 e. The molecule has 31 heavy (non-hydrogen) atoms. The Bertz CT molecular complexity index is 1400. The van der Waals surface area contributed by atoms with E-state index in [1.165, 1.54) is 11.3 Å². The number of amides is 1. The van der Waals surface area contributed by atoms with Crippen molar-refractivity contribution in [2.45, 2.75) is 25.3 Å². The van der Waals surface area contributed by atoms with E-state index in [1.54, 1.807) is 4.40 Å². The number of fused-ring (bicyclic) bond motifs is 5. The van der Waals surface area contributed by atoms with E-state index in [9.17, 15) is 14.0 Å². The van der Waals surface area contributed by atoms with Gasteiger partial charge in [-0.2, -0.15) is 0 Å². The third kappa shape index (κ3) is 3.39. The van der Waals surface area contributed by atoms with Gasteiger partial charge in [-0.3, -0.25) is 14.0 Å². The van der Waals surface area contributed by atoms with E-state index < -0.39 is 17.2 Å². The van der Waals surface area contributed by atoms with E-state index in [2.05, 4.69) is 22.2 Å². The topological polar surface area (TPSA) is 66.7 Å². The van der Waals surface area contributed by atoms with Crippen LogP contribution in [0.4, 0.5) is 4.39 Å². The number of hydrogen-bond donors (Lipinski definition) is 1. The molecule has 6 nitrogen and oxygen atoms in total. The molecule has 4 heterocycles. The summed E-state index contributed by atoms with van der Waals surface area (Å²) in [5, 5.41) is 2.62. The van der Waals surface area contributed by atoms with Gasteiger partial charge < -0.3 is 10.2 Å². The molecule has 1 amide bonds. The minimum atomic E-state index is -0.790. The van der Waals surface area contributed by atoms with Crippen molar-refractivity contribution in [1.82, 2.24) is 19.6 Å². The molecule has 0 unspecified atom stereocenters. The minimum absolute atomic E-state index is 0.0111. The van der Waals surface area contributed by atoms with Gasteiger partial charge in [0.05, 0.1) is 15.6 Å². The number of carbonyl (C=O) groups is 1. The molecule has 0 spiro atoms. The molecule has 1 aliphatic heterocycles. The van der Waals surface area contributed by atoms with Crippen molar-refractivity contribution >= 4 is 54.9 Å². The monoisotopic (exact) mass is 458 g/mol. The number of nitrogens with one attached hydrogen (secondary N) is 1. The number of benzene rings is 1. The Balaban J connectivity index is 1.64. The molecule has 4 aromatic rings. The first-order chi connectivity index (χ1) is 15.0. The molecule has 1 atom stereocenters. The normalized spacial score (nSPS) is 17.2. The number of para-hydroxylation sites is 1. The van der Waals surface area contributed by atoms with Crippen LogP contribution < -0.4 is 10.7 Å². The van der Waals surface area contributed by atoms with E-state index in [4.69, 9.17) is 11.6 Å². The minimum Gasteiger partial charge on any atom is -0.352 e. The molecule has 1 aromatic carbocycles. The first-order valence-electron chi connectivity index (χ1n) is 10.2. The third-order valence-electron chi connectivity index (χ3n) is 5.99. The Morgan fingerprint density at radius 3 is 2.97 bits per heavy atom. The van der Waals surface area contributed by atoms with Gasteiger partial charge in [-0.1, -0.05) is 23.7 Å². The Hall–Kier alpha value is -2.55. The number of rotatable bonds is 4. The number of likely N-dealkylation sites (tertiary alicyclic amines) is 1. The summed E-state index contributed by atoms with van der Waals surface area (Å²) in [5.74, 6) is -1.24. The second-order valence-electron chi connectivity index (χ2n) is 7.87. The van der Waals surface area contributed by atoms with Crippen LogP contribution in [0.2, 0.25) is 5.15 Å². The fourth-order valence-electron chi connectivity index (χ4n) is 4.37. The lowest BCUT2D eigenvalue weighted by molar-refractivity contribution is 0.0951. The van der Waals surface area contributed by atoms with Gasteiger partial charge >= 0.3 is 0 Å². The fraction of sp³-hybridized carbons (Fsp3) is 0.318. The van der Waals surface area contributed by atoms with Crippen LogP contribution in [0, 0.1) is 5.82 Å². The maximum atomic E-state index is 14.2. The van der Waals surface area contributed by atoms with Gasteiger partial charge in [0.25, 0.3) is 5.91 Å². The molecule has 3 aromatic heterocycles. The predicted octanol–water partition coefficient (Wildman–Crippen LogP) is 4.07. The van der Waals surface area contributed by atoms with Gasteiger partial charge in [-0.05, 0) is 51.1 Å². The average molecular weight is 459 g/mol. The van der Waals surface area contributed by atoms with Crippen molar-refractivity contribution < 1.29 is 9.18 Å². The van der Waals surface area contributed by atoms with Crippen molar-refractivity contribution in [3.8, 4) is 0 Å². The number of pyridine rings is 2. The highest BCUT2D eigenvalue weighted by molar-refractivity contribution is 7.24. The highest BCUT2D eigenvalue weighted by Crippen LogP contribution is 2.31. The molecular formula is C22H20ClFN4O2S. The van der Waals surface area contributed by atoms with E-state index in [1.807, 2.05) is 24.3 Å². The Morgan fingerprint density at radius 2 is 2.19 bits per heavy atom. The summed E-state index contributed by atoms with van der Waals surface area (Å²) in [6, 6.07) is 9.03. The van der Waals surface area contributed by atoms with E-state index in [0.717, 1.165) is 42.1 Å². The lowest BCUT2D eigenvalue weighted by Crippen LogP contribution is -2.34. The van der Waals surface area contributed by atoms with E-state index in [-0.39, 0.29) is 21.7 Å². The first kappa shape index (κ1) is 20.4. The quantitative estimate of drug-likeness (QED) is 0.468. The van der Waals surface area contributed by atoms with E-state index >= 15 is 0 Å². The van der Waals surface area contributed by atoms with Crippen molar-refractivity contribution in [3.63, 3.8) is 0 Å². The number of aromatic nitrogens is 2. The number of thiazole rings is 1. The standard InChI is InChI=1S/C22H20ClFN4O2S/c1-27-10-4-5-12(27)8-9-25-21(30)17-18(29)13-11-14(24)19(23)26-20(13)28-15-6-2-3-7-16(15)31-22(17)28/h2-3,6-7,11-12H,4-5,8-10H2,1H3,(H,25,30)/t12-/m1/s1. The van der Waals surface area contributed by atoms with Crippen LogP contribution in [-0.4, -0.2) is 46.4 Å². The van der Waals surface area contributed by atoms with Gasteiger partial charge in [0, 0.05) is 12.6 Å². The van der Waals surface area contributed by atoms with Crippen molar-refractivity contribution in [3.05, 3.63) is 57.1 Å². The number of carbonyl (C=O) groups excluding carboxylic acids is 1. The molecule has 5 rings (SSSR count). The zero-order valence-corrected chi connectivity index (χ0v) is 18.4. The summed E-state index contributed by atoms with van der Waals surface area (Å²) in [5.41, 5.74) is 0.495. The van der Waals surface area contributed by atoms with Gasteiger partial charge in [-0.25, -0.2) is 9.37 Å². The van der Waals surface area contributed by atoms with Crippen molar-refractivity contribution in [2.75, 3.05) is 20.1 Å². The maximum absolute atomic E-state index is 14.2. The highest BCUT2D eigenvalue weighted by atomic mass is 35.5. The van der Waals surface area contributed by atoms with Crippen LogP contribution in [0.5, 0.6) is 0 Å². The molecule has 1 saturated heterocycles. The Morgan fingerprint density at radius 1 is 1.39 bits per heavy atom. The Kier molecular flexibility index (Phi) is 5.16. The largest absolute Gasteiger partial charge is 0.352 e. The summed E-state index contributed by atoms with van der Waals surface area (Å²) in [4.78, 5) is 33.3. The fourth-order valence-corrected chi connectivity index (χ4v) is 5.69. The summed E-state index contributed by atoms with van der Waals surface area (Å²) in [7, 11) is 2.09. The summed E-state index contributed by atoms with van der Waals surface area (Å²) in [6.07, 6.45) is 3.08. The highest BCUT2D eigenvalue weighted by Gasteiger charge is 2.25. The van der Waals surface area contributed by atoms with Crippen LogP contribution in [-0.2, 0) is 0 Å². The summed E-state index contributed by atoms with van der Waals surface area (Å²) >= 11 is 7.25. The Labute approximate surface area is 186 Å². The van der Waals surface area contributed by atoms with Crippen LogP contribution in [0.1, 0.15) is 29.6 Å². The van der Waals surface area contributed by atoms with Crippen LogP contribution in [0.15, 0.2) is 35.1 Å². The van der Waals surface area contributed by atoms with Gasteiger partial charge in [0.1, 0.15) is 10.4 Å². The molecule has 9 heteroatoms. The average Bonchev–Trinajstić information content (AvgIpc) is 3.33. The van der Waals surface area contributed by atoms with Crippen LogP contribution in [0.3, 0.4) is 0 Å². The lowest BCUT2D eigenvalue weighted by atomic mass is 10.1. The second kappa shape index (κ2) is 7.85. The summed E-state index contributed by atoms with van der Waals surface area (Å²) in [6.45, 7) is 1.53. The molecular weight excluding hydrogens is 439 g/mol. The smallest absolute Gasteiger partial charge is 0.258 e. The zero-order chi connectivity index (χ0) is 21.7. The van der Waals surface area contributed by atoms with Crippen LogP contribution in [0.25, 0.3) is 26.1 Å². The number of nitrogens with zero attached hydrogens (tertiary/aromatic N) is 3. The predicted molar refractivity (Wildman–Crippen MR) is 122 cm³/mol. The number of halogens is 2. The molecule has 0 aliphatic carbocycles. The molecule has 0 radical (unpaired) electrons. The lowest BCUT2D eigenvalue weighted by Gasteiger charge is -2.19. The number of hydrogen-bond acceptors (Lipinski definition) is 5. The molecule has 1 N–H and O–H groups in total. The van der Waals surface area contributed by atoms with Crippen LogP contribution >= 0.6 is 22.9 Å². The van der Waals surface area contributed by atoms with Gasteiger partial charge in [0.15, 0.2) is 16.6 Å². The second-order valence-corrected chi connectivity index (χ2v) is 9.26. The molecule has 0 saturated carbocycles. The molecule has 0 bridgehead atoms. The molecule has 160 valence electrons. The van der Waals surface area contributed by atoms with E-state index in [0.29, 0.717) is 17.4 Å². The zero-order valence-electron chi connectivity index (χ0n) is 16.8. The van der Waals surface area contributed by atoms with Crippen molar-refractivity contribution in [1.29, 1.82) is 0 Å². The summed E-state index contributed by atoms with van der Waals surface area (Å²) < 4.78 is 16.8. The molecule has 1 aliphatic rings.